The van der Waals surface area contributed by atoms with Gasteiger partial charge in [0.05, 0.1) is 18.9 Å². The number of sulfonamides is 1. The Morgan fingerprint density at radius 3 is 2.63 bits per heavy atom. The SMILES string of the molecule is CCOC(C)CNS(=O)(=O)c1ccc(OC)cc1N. The molecule has 0 aromatic heterocycles. The lowest BCUT2D eigenvalue weighted by Gasteiger charge is -2.14. The molecule has 0 aliphatic rings. The van der Waals surface area contributed by atoms with Crippen LogP contribution >= 0.6 is 0 Å². The van der Waals surface area contributed by atoms with E-state index >= 15 is 0 Å². The van der Waals surface area contributed by atoms with Crippen LogP contribution in [0.4, 0.5) is 5.69 Å². The number of rotatable bonds is 7. The molecule has 0 saturated carbocycles. The molecule has 19 heavy (non-hydrogen) atoms. The van der Waals surface area contributed by atoms with Gasteiger partial charge in [-0.2, -0.15) is 0 Å². The summed E-state index contributed by atoms with van der Waals surface area (Å²) in [6.45, 7) is 4.38. The maximum absolute atomic E-state index is 12.1. The minimum atomic E-state index is -3.64. The predicted molar refractivity (Wildman–Crippen MR) is 73.7 cm³/mol. The van der Waals surface area contributed by atoms with E-state index in [0.29, 0.717) is 12.4 Å². The first-order valence-corrected chi connectivity index (χ1v) is 7.43. The summed E-state index contributed by atoms with van der Waals surface area (Å²) < 4.78 is 36.9. The molecule has 0 radical (unpaired) electrons. The van der Waals surface area contributed by atoms with Crippen molar-refractivity contribution in [3.05, 3.63) is 18.2 Å². The van der Waals surface area contributed by atoms with Crippen LogP contribution in [0.25, 0.3) is 0 Å². The zero-order valence-electron chi connectivity index (χ0n) is 11.3. The van der Waals surface area contributed by atoms with E-state index in [2.05, 4.69) is 4.72 Å². The number of nitrogens with two attached hydrogens (primary N) is 1. The van der Waals surface area contributed by atoms with E-state index in [1.165, 1.54) is 19.2 Å². The number of anilines is 1. The van der Waals surface area contributed by atoms with Crippen LogP contribution in [0.3, 0.4) is 0 Å². The minimum absolute atomic E-state index is 0.0389. The lowest BCUT2D eigenvalue weighted by molar-refractivity contribution is 0.0799. The Morgan fingerprint density at radius 1 is 1.42 bits per heavy atom. The third-order valence-corrected chi connectivity index (χ3v) is 4.02. The first kappa shape index (κ1) is 15.7. The molecular formula is C12H20N2O4S. The monoisotopic (exact) mass is 288 g/mol. The number of nitrogen functional groups attached to an aromatic ring is 1. The van der Waals surface area contributed by atoms with Gasteiger partial charge >= 0.3 is 0 Å². The molecule has 1 aromatic rings. The molecule has 0 spiro atoms. The van der Waals surface area contributed by atoms with Crippen molar-refractivity contribution in [2.24, 2.45) is 0 Å². The van der Waals surface area contributed by atoms with Gasteiger partial charge in [0.25, 0.3) is 0 Å². The van der Waals surface area contributed by atoms with Crippen LogP contribution in [-0.2, 0) is 14.8 Å². The van der Waals surface area contributed by atoms with Gasteiger partial charge in [0.2, 0.25) is 10.0 Å². The number of hydrogen-bond acceptors (Lipinski definition) is 5. The summed E-state index contributed by atoms with van der Waals surface area (Å²) in [5, 5.41) is 0. The van der Waals surface area contributed by atoms with E-state index in [1.807, 2.05) is 6.92 Å². The highest BCUT2D eigenvalue weighted by atomic mass is 32.2. The second-order valence-corrected chi connectivity index (χ2v) is 5.76. The van der Waals surface area contributed by atoms with Gasteiger partial charge in [0, 0.05) is 19.2 Å². The molecule has 0 aliphatic heterocycles. The number of nitrogens with one attached hydrogen (secondary N) is 1. The van der Waals surface area contributed by atoms with Crippen LogP contribution in [0.5, 0.6) is 5.75 Å². The second kappa shape index (κ2) is 6.74. The van der Waals surface area contributed by atoms with Gasteiger partial charge in [-0.3, -0.25) is 0 Å². The van der Waals surface area contributed by atoms with E-state index < -0.39 is 10.0 Å². The molecule has 6 nitrogen and oxygen atoms in total. The quantitative estimate of drug-likeness (QED) is 0.730. The molecule has 0 saturated heterocycles. The molecule has 3 N–H and O–H groups in total. The number of hydrogen-bond donors (Lipinski definition) is 2. The van der Waals surface area contributed by atoms with Crippen LogP contribution in [0.1, 0.15) is 13.8 Å². The van der Waals surface area contributed by atoms with Gasteiger partial charge in [-0.15, -0.1) is 0 Å². The fourth-order valence-corrected chi connectivity index (χ4v) is 2.77. The largest absolute Gasteiger partial charge is 0.497 e. The molecule has 1 aromatic carbocycles. The normalized spacial score (nSPS) is 13.2. The van der Waals surface area contributed by atoms with Crippen LogP contribution in [-0.4, -0.2) is 34.8 Å². The zero-order valence-corrected chi connectivity index (χ0v) is 12.2. The maximum Gasteiger partial charge on any atom is 0.242 e. The van der Waals surface area contributed by atoms with Crippen molar-refractivity contribution in [1.82, 2.24) is 4.72 Å². The summed E-state index contributed by atoms with van der Waals surface area (Å²) >= 11 is 0. The van der Waals surface area contributed by atoms with Gasteiger partial charge in [-0.25, -0.2) is 13.1 Å². The van der Waals surface area contributed by atoms with Gasteiger partial charge < -0.3 is 15.2 Å². The summed E-state index contributed by atoms with van der Waals surface area (Å²) in [4.78, 5) is 0.0389. The van der Waals surface area contributed by atoms with Crippen molar-refractivity contribution in [3.8, 4) is 5.75 Å². The van der Waals surface area contributed by atoms with Crippen molar-refractivity contribution in [1.29, 1.82) is 0 Å². The van der Waals surface area contributed by atoms with Crippen LogP contribution in [0.15, 0.2) is 23.1 Å². The first-order chi connectivity index (χ1) is 8.90. The number of ether oxygens (including phenoxy) is 2. The molecule has 0 heterocycles. The van der Waals surface area contributed by atoms with Gasteiger partial charge in [0.15, 0.2) is 0 Å². The fourth-order valence-electron chi connectivity index (χ4n) is 1.55. The fraction of sp³-hybridized carbons (Fsp3) is 0.500. The third kappa shape index (κ3) is 4.38. The minimum Gasteiger partial charge on any atom is -0.497 e. The smallest absolute Gasteiger partial charge is 0.242 e. The molecular weight excluding hydrogens is 268 g/mol. The zero-order chi connectivity index (χ0) is 14.5. The van der Waals surface area contributed by atoms with Crippen LogP contribution in [0.2, 0.25) is 0 Å². The van der Waals surface area contributed by atoms with Crippen molar-refractivity contribution in [2.45, 2.75) is 24.8 Å². The molecule has 1 rings (SSSR count). The Bertz CT molecular complexity index is 516. The van der Waals surface area contributed by atoms with Crippen LogP contribution < -0.4 is 15.2 Å². The Kier molecular flexibility index (Phi) is 5.59. The summed E-state index contributed by atoms with van der Waals surface area (Å²) in [6.07, 6.45) is -0.195. The average molecular weight is 288 g/mol. The van der Waals surface area contributed by atoms with E-state index in [9.17, 15) is 8.42 Å². The Morgan fingerprint density at radius 2 is 2.11 bits per heavy atom. The Hall–Kier alpha value is -1.31. The van der Waals surface area contributed by atoms with Gasteiger partial charge in [0.1, 0.15) is 10.6 Å². The summed E-state index contributed by atoms with van der Waals surface area (Å²) in [6, 6.07) is 4.44. The summed E-state index contributed by atoms with van der Waals surface area (Å²) in [7, 11) is -2.15. The maximum atomic E-state index is 12.1. The highest BCUT2D eigenvalue weighted by Gasteiger charge is 2.18. The average Bonchev–Trinajstić information content (AvgIpc) is 2.36. The molecule has 0 bridgehead atoms. The topological polar surface area (TPSA) is 90.6 Å². The molecule has 108 valence electrons. The molecule has 1 unspecified atom stereocenters. The lowest BCUT2D eigenvalue weighted by Crippen LogP contribution is -2.32. The molecule has 0 fully saturated rings. The van der Waals surface area contributed by atoms with Crippen molar-refractivity contribution < 1.29 is 17.9 Å². The first-order valence-electron chi connectivity index (χ1n) is 5.95. The van der Waals surface area contributed by atoms with Crippen LogP contribution in [0, 0.1) is 0 Å². The number of methoxy groups -OCH3 is 1. The molecule has 0 amide bonds. The van der Waals surface area contributed by atoms with Crippen molar-refractivity contribution in [2.75, 3.05) is 26.0 Å². The van der Waals surface area contributed by atoms with Gasteiger partial charge in [-0.05, 0) is 26.0 Å². The van der Waals surface area contributed by atoms with Crippen molar-refractivity contribution in [3.63, 3.8) is 0 Å². The van der Waals surface area contributed by atoms with E-state index in [-0.39, 0.29) is 23.2 Å². The predicted octanol–water partition coefficient (Wildman–Crippen LogP) is 0.981. The number of benzene rings is 1. The second-order valence-electron chi connectivity index (χ2n) is 4.02. The van der Waals surface area contributed by atoms with Gasteiger partial charge in [-0.1, -0.05) is 0 Å². The molecule has 0 aliphatic carbocycles. The standard InChI is InChI=1S/C12H20N2O4S/c1-4-18-9(2)8-14-19(15,16)12-6-5-10(17-3)7-11(12)13/h5-7,9,14H,4,8,13H2,1-3H3. The summed E-state index contributed by atoms with van der Waals surface area (Å²) in [5.74, 6) is 0.513. The highest BCUT2D eigenvalue weighted by molar-refractivity contribution is 7.89. The van der Waals surface area contributed by atoms with E-state index in [1.54, 1.807) is 13.0 Å². The van der Waals surface area contributed by atoms with Crippen molar-refractivity contribution >= 4 is 15.7 Å². The molecule has 7 heteroatoms. The summed E-state index contributed by atoms with van der Waals surface area (Å²) in [5.41, 5.74) is 5.87. The molecule has 1 atom stereocenters. The van der Waals surface area contributed by atoms with E-state index in [0.717, 1.165) is 0 Å². The Balaban J connectivity index is 2.83. The van der Waals surface area contributed by atoms with E-state index in [4.69, 9.17) is 15.2 Å². The lowest BCUT2D eigenvalue weighted by atomic mass is 10.3. The third-order valence-electron chi connectivity index (χ3n) is 2.52. The Labute approximate surface area is 113 Å². The highest BCUT2D eigenvalue weighted by Crippen LogP contribution is 2.23.